The summed E-state index contributed by atoms with van der Waals surface area (Å²) in [5, 5.41) is 16.3. The molecule has 1 amide bonds. The number of benzene rings is 1. The first kappa shape index (κ1) is 18.3. The lowest BCUT2D eigenvalue weighted by molar-refractivity contribution is -0.114. The summed E-state index contributed by atoms with van der Waals surface area (Å²) in [6.45, 7) is 2.61. The van der Waals surface area contributed by atoms with Crippen LogP contribution in [0.3, 0.4) is 0 Å². The third kappa shape index (κ3) is 4.17. The monoisotopic (exact) mass is 369 g/mol. The smallest absolute Gasteiger partial charge is 0.244 e. The standard InChI is InChI=1S/C20H23N3O2S/c1-2-25-17-10-7-6-9-16(17)22-13-19(24)23-20-15(12-21)14-8-4-3-5-11-18(14)26-20/h6-7,9-10,22H,2-5,8,11,13H2,1H3,(H,23,24). The van der Waals surface area contributed by atoms with Crippen LogP contribution in [0.25, 0.3) is 0 Å². The van der Waals surface area contributed by atoms with E-state index in [4.69, 9.17) is 4.74 Å². The molecule has 1 aromatic heterocycles. The molecule has 0 bridgehead atoms. The zero-order valence-electron chi connectivity index (χ0n) is 14.9. The molecule has 0 fully saturated rings. The number of ether oxygens (including phenoxy) is 1. The van der Waals surface area contributed by atoms with Crippen molar-refractivity contribution in [3.8, 4) is 11.8 Å². The number of para-hydroxylation sites is 2. The van der Waals surface area contributed by atoms with Crippen LogP contribution in [-0.2, 0) is 17.6 Å². The van der Waals surface area contributed by atoms with Crippen molar-refractivity contribution in [3.63, 3.8) is 0 Å². The molecule has 136 valence electrons. The maximum absolute atomic E-state index is 12.4. The number of rotatable bonds is 6. The molecule has 0 radical (unpaired) electrons. The fourth-order valence-corrected chi connectivity index (χ4v) is 4.45. The number of anilines is 2. The molecular weight excluding hydrogens is 346 g/mol. The number of carbonyl (C=O) groups excluding carboxylic acids is 1. The van der Waals surface area contributed by atoms with Crippen LogP contribution in [-0.4, -0.2) is 19.1 Å². The molecule has 0 saturated heterocycles. The lowest BCUT2D eigenvalue weighted by atomic mass is 10.1. The maximum atomic E-state index is 12.4. The molecule has 2 N–H and O–H groups in total. The van der Waals surface area contributed by atoms with Crippen LogP contribution in [0, 0.1) is 11.3 Å². The Bertz CT molecular complexity index is 823. The van der Waals surface area contributed by atoms with Gasteiger partial charge in [-0.3, -0.25) is 4.79 Å². The van der Waals surface area contributed by atoms with E-state index in [0.29, 0.717) is 17.2 Å². The molecule has 6 heteroatoms. The summed E-state index contributed by atoms with van der Waals surface area (Å²) < 4.78 is 5.56. The van der Waals surface area contributed by atoms with Crippen LogP contribution in [0.15, 0.2) is 24.3 Å². The van der Waals surface area contributed by atoms with Gasteiger partial charge in [0.2, 0.25) is 5.91 Å². The van der Waals surface area contributed by atoms with Gasteiger partial charge in [0.15, 0.2) is 0 Å². The van der Waals surface area contributed by atoms with Gasteiger partial charge in [0.1, 0.15) is 16.8 Å². The number of hydrogen-bond acceptors (Lipinski definition) is 5. The highest BCUT2D eigenvalue weighted by molar-refractivity contribution is 7.16. The molecule has 0 atom stereocenters. The summed E-state index contributed by atoms with van der Waals surface area (Å²) in [6, 6.07) is 9.83. The van der Waals surface area contributed by atoms with E-state index in [0.717, 1.165) is 42.7 Å². The largest absolute Gasteiger partial charge is 0.492 e. The molecule has 0 spiro atoms. The number of aryl methyl sites for hydroxylation is 1. The van der Waals surface area contributed by atoms with Crippen LogP contribution in [0.1, 0.15) is 42.2 Å². The molecule has 1 heterocycles. The minimum Gasteiger partial charge on any atom is -0.492 e. The van der Waals surface area contributed by atoms with Crippen molar-refractivity contribution < 1.29 is 9.53 Å². The van der Waals surface area contributed by atoms with Crippen LogP contribution in [0.4, 0.5) is 10.7 Å². The van der Waals surface area contributed by atoms with Gasteiger partial charge in [0.25, 0.3) is 0 Å². The highest BCUT2D eigenvalue weighted by Crippen LogP contribution is 2.37. The normalized spacial score (nSPS) is 13.2. The summed E-state index contributed by atoms with van der Waals surface area (Å²) in [5.41, 5.74) is 2.57. The lowest BCUT2D eigenvalue weighted by Gasteiger charge is -2.12. The number of nitriles is 1. The van der Waals surface area contributed by atoms with Crippen molar-refractivity contribution in [1.29, 1.82) is 5.26 Å². The second kappa shape index (κ2) is 8.72. The molecule has 0 aliphatic heterocycles. The fourth-order valence-electron chi connectivity index (χ4n) is 3.19. The summed E-state index contributed by atoms with van der Waals surface area (Å²) in [6.07, 6.45) is 5.41. The summed E-state index contributed by atoms with van der Waals surface area (Å²) in [7, 11) is 0. The summed E-state index contributed by atoms with van der Waals surface area (Å²) in [5.74, 6) is 0.563. The first-order valence-electron chi connectivity index (χ1n) is 9.03. The Labute approximate surface area is 158 Å². The SMILES string of the molecule is CCOc1ccccc1NCC(=O)Nc1sc2c(c1C#N)CCCCC2. The molecule has 0 saturated carbocycles. The second-order valence-corrected chi connectivity index (χ2v) is 7.32. The third-order valence-electron chi connectivity index (χ3n) is 4.41. The summed E-state index contributed by atoms with van der Waals surface area (Å²) in [4.78, 5) is 13.6. The van der Waals surface area contributed by atoms with E-state index in [9.17, 15) is 10.1 Å². The third-order valence-corrected chi connectivity index (χ3v) is 5.62. The highest BCUT2D eigenvalue weighted by atomic mass is 32.1. The fraction of sp³-hybridized carbons (Fsp3) is 0.400. The Morgan fingerprint density at radius 2 is 2.08 bits per heavy atom. The van der Waals surface area contributed by atoms with Gasteiger partial charge < -0.3 is 15.4 Å². The quantitative estimate of drug-likeness (QED) is 0.743. The lowest BCUT2D eigenvalue weighted by Crippen LogP contribution is -2.22. The van der Waals surface area contributed by atoms with Crippen LogP contribution in [0.2, 0.25) is 0 Å². The van der Waals surface area contributed by atoms with E-state index < -0.39 is 0 Å². The second-order valence-electron chi connectivity index (χ2n) is 6.21. The van der Waals surface area contributed by atoms with E-state index in [-0.39, 0.29) is 12.5 Å². The van der Waals surface area contributed by atoms with Gasteiger partial charge in [-0.25, -0.2) is 0 Å². The van der Waals surface area contributed by atoms with E-state index >= 15 is 0 Å². The van der Waals surface area contributed by atoms with Gasteiger partial charge in [-0.1, -0.05) is 18.6 Å². The number of carbonyl (C=O) groups is 1. The minimum atomic E-state index is -0.163. The van der Waals surface area contributed by atoms with E-state index in [1.165, 1.54) is 11.3 Å². The molecule has 1 aromatic carbocycles. The van der Waals surface area contributed by atoms with E-state index in [1.807, 2.05) is 31.2 Å². The first-order valence-corrected chi connectivity index (χ1v) is 9.84. The molecule has 26 heavy (non-hydrogen) atoms. The maximum Gasteiger partial charge on any atom is 0.244 e. The topological polar surface area (TPSA) is 74.2 Å². The van der Waals surface area contributed by atoms with E-state index in [2.05, 4.69) is 16.7 Å². The van der Waals surface area contributed by atoms with Gasteiger partial charge in [-0.2, -0.15) is 5.26 Å². The number of amides is 1. The average molecular weight is 369 g/mol. The van der Waals surface area contributed by atoms with Gasteiger partial charge in [-0.05, 0) is 50.3 Å². The Morgan fingerprint density at radius 1 is 1.27 bits per heavy atom. The number of thiophene rings is 1. The highest BCUT2D eigenvalue weighted by Gasteiger charge is 2.20. The Morgan fingerprint density at radius 3 is 2.88 bits per heavy atom. The Kier molecular flexibility index (Phi) is 6.13. The Hall–Kier alpha value is -2.52. The van der Waals surface area contributed by atoms with Crippen molar-refractivity contribution >= 4 is 27.9 Å². The summed E-state index contributed by atoms with van der Waals surface area (Å²) >= 11 is 1.55. The minimum absolute atomic E-state index is 0.123. The molecule has 3 rings (SSSR count). The number of nitrogens with one attached hydrogen (secondary N) is 2. The van der Waals surface area contributed by atoms with Crippen molar-refractivity contribution in [1.82, 2.24) is 0 Å². The van der Waals surface area contributed by atoms with Crippen molar-refractivity contribution in [2.75, 3.05) is 23.8 Å². The molecule has 1 aliphatic rings. The van der Waals surface area contributed by atoms with Gasteiger partial charge in [0, 0.05) is 4.88 Å². The average Bonchev–Trinajstić information content (AvgIpc) is 2.80. The van der Waals surface area contributed by atoms with Gasteiger partial charge >= 0.3 is 0 Å². The van der Waals surface area contributed by atoms with Crippen molar-refractivity contribution in [3.05, 3.63) is 40.3 Å². The predicted molar refractivity (Wildman–Crippen MR) is 105 cm³/mol. The molecular formula is C20H23N3O2S. The molecule has 2 aromatic rings. The van der Waals surface area contributed by atoms with Gasteiger partial charge in [-0.15, -0.1) is 11.3 Å². The van der Waals surface area contributed by atoms with Crippen LogP contribution >= 0.6 is 11.3 Å². The van der Waals surface area contributed by atoms with Gasteiger partial charge in [0.05, 0.1) is 24.4 Å². The molecule has 0 unspecified atom stereocenters. The molecule has 1 aliphatic carbocycles. The number of nitrogens with zero attached hydrogens (tertiary/aromatic N) is 1. The van der Waals surface area contributed by atoms with E-state index in [1.54, 1.807) is 11.3 Å². The zero-order chi connectivity index (χ0) is 18.4. The zero-order valence-corrected chi connectivity index (χ0v) is 15.7. The van der Waals surface area contributed by atoms with Crippen molar-refractivity contribution in [2.24, 2.45) is 0 Å². The van der Waals surface area contributed by atoms with Crippen LogP contribution < -0.4 is 15.4 Å². The predicted octanol–water partition coefficient (Wildman–Crippen LogP) is 4.34. The number of hydrogen-bond donors (Lipinski definition) is 2. The van der Waals surface area contributed by atoms with Crippen molar-refractivity contribution in [2.45, 2.75) is 39.0 Å². The Balaban J connectivity index is 1.67. The number of fused-ring (bicyclic) bond motifs is 1. The first-order chi connectivity index (χ1) is 12.7. The molecule has 5 nitrogen and oxygen atoms in total. The van der Waals surface area contributed by atoms with Crippen LogP contribution in [0.5, 0.6) is 5.75 Å².